The molecular weight excluding hydrogens is 256 g/mol. The molecule has 1 unspecified atom stereocenters. The summed E-state index contributed by atoms with van der Waals surface area (Å²) >= 11 is 0. The van der Waals surface area contributed by atoms with Crippen LogP contribution in [0.4, 0.5) is 0 Å². The van der Waals surface area contributed by atoms with Crippen molar-refractivity contribution in [3.63, 3.8) is 0 Å². The second-order valence-corrected chi connectivity index (χ2v) is 3.98. The summed E-state index contributed by atoms with van der Waals surface area (Å²) in [4.78, 5) is 11.0. The van der Waals surface area contributed by atoms with E-state index in [0.29, 0.717) is 19.6 Å². The molecule has 1 N–H and O–H groups in total. The highest BCUT2D eigenvalue weighted by atomic mass is 16.5. The van der Waals surface area contributed by atoms with Crippen molar-refractivity contribution in [1.29, 1.82) is 0 Å². The lowest BCUT2D eigenvalue weighted by atomic mass is 10.1. The smallest absolute Gasteiger partial charge is 0.333 e. The van der Waals surface area contributed by atoms with Gasteiger partial charge >= 0.3 is 5.97 Å². The van der Waals surface area contributed by atoms with Gasteiger partial charge in [0.05, 0.1) is 6.61 Å². The van der Waals surface area contributed by atoms with E-state index in [1.807, 2.05) is 31.2 Å². The summed E-state index contributed by atoms with van der Waals surface area (Å²) in [5, 5.41) is 8.99. The molecule has 4 nitrogen and oxygen atoms in total. The van der Waals surface area contributed by atoms with Crippen molar-refractivity contribution >= 4 is 5.97 Å². The van der Waals surface area contributed by atoms with Gasteiger partial charge < -0.3 is 14.6 Å². The molecule has 1 aromatic carbocycles. The van der Waals surface area contributed by atoms with Gasteiger partial charge in [-0.2, -0.15) is 0 Å². The summed E-state index contributed by atoms with van der Waals surface area (Å²) in [5.41, 5.74) is 0.930. The first-order chi connectivity index (χ1) is 9.67. The Morgan fingerprint density at radius 2 is 1.85 bits per heavy atom. The lowest BCUT2D eigenvalue weighted by molar-refractivity contribution is -0.149. The molecule has 1 rings (SSSR count). The average molecular weight is 280 g/mol. The van der Waals surface area contributed by atoms with Crippen LogP contribution < -0.4 is 4.74 Å². The fourth-order valence-electron chi connectivity index (χ4n) is 1.57. The van der Waals surface area contributed by atoms with Crippen LogP contribution in [0.2, 0.25) is 0 Å². The SMILES string of the molecule is C=C.CCCOc1ccc(CC(OCC)C(=O)O)cc1. The number of ether oxygens (including phenoxy) is 2. The molecule has 0 spiro atoms. The van der Waals surface area contributed by atoms with E-state index < -0.39 is 12.1 Å². The summed E-state index contributed by atoms with van der Waals surface area (Å²) in [6.07, 6.45) is 0.558. The average Bonchev–Trinajstić information content (AvgIpc) is 2.48. The first-order valence-corrected chi connectivity index (χ1v) is 6.73. The van der Waals surface area contributed by atoms with Gasteiger partial charge in [-0.15, -0.1) is 13.2 Å². The third-order valence-electron chi connectivity index (χ3n) is 2.46. The molecule has 4 heteroatoms. The van der Waals surface area contributed by atoms with Gasteiger partial charge in [-0.3, -0.25) is 0 Å². The Morgan fingerprint density at radius 1 is 1.25 bits per heavy atom. The van der Waals surface area contributed by atoms with Crippen LogP contribution in [0.15, 0.2) is 37.4 Å². The van der Waals surface area contributed by atoms with Gasteiger partial charge in [0.15, 0.2) is 6.10 Å². The van der Waals surface area contributed by atoms with E-state index in [9.17, 15) is 4.79 Å². The lowest BCUT2D eigenvalue weighted by Crippen LogP contribution is -2.26. The van der Waals surface area contributed by atoms with Gasteiger partial charge in [-0.1, -0.05) is 19.1 Å². The van der Waals surface area contributed by atoms with Crippen LogP contribution in [0.1, 0.15) is 25.8 Å². The largest absolute Gasteiger partial charge is 0.494 e. The molecular formula is C16H24O4. The maximum absolute atomic E-state index is 11.0. The van der Waals surface area contributed by atoms with E-state index >= 15 is 0 Å². The molecule has 0 saturated heterocycles. The van der Waals surface area contributed by atoms with Gasteiger partial charge in [-0.25, -0.2) is 4.79 Å². The standard InChI is InChI=1S/C14H20O4.C2H4/c1-3-9-18-12-7-5-11(6-8-12)10-13(14(15)16)17-4-2;1-2/h5-8,13H,3-4,9-10H2,1-2H3,(H,15,16);1-2H2. The quantitative estimate of drug-likeness (QED) is 0.742. The molecule has 0 aliphatic carbocycles. The molecule has 0 radical (unpaired) electrons. The molecule has 20 heavy (non-hydrogen) atoms. The third-order valence-corrected chi connectivity index (χ3v) is 2.46. The zero-order chi connectivity index (χ0) is 15.4. The number of carbonyl (C=O) groups is 1. The molecule has 1 aromatic rings. The lowest BCUT2D eigenvalue weighted by Gasteiger charge is -2.12. The van der Waals surface area contributed by atoms with Crippen LogP contribution in [0, 0.1) is 0 Å². The summed E-state index contributed by atoms with van der Waals surface area (Å²) in [6.45, 7) is 10.9. The van der Waals surface area contributed by atoms with Crippen molar-refractivity contribution < 1.29 is 19.4 Å². The van der Waals surface area contributed by atoms with Gasteiger partial charge in [0.2, 0.25) is 0 Å². The summed E-state index contributed by atoms with van der Waals surface area (Å²) in [6, 6.07) is 7.46. The van der Waals surface area contributed by atoms with Crippen LogP contribution in [0.5, 0.6) is 5.75 Å². The van der Waals surface area contributed by atoms with Crippen LogP contribution in [-0.4, -0.2) is 30.4 Å². The zero-order valence-electron chi connectivity index (χ0n) is 12.3. The fourth-order valence-corrected chi connectivity index (χ4v) is 1.57. The summed E-state index contributed by atoms with van der Waals surface area (Å²) in [5.74, 6) is -0.118. The number of hydrogen-bond donors (Lipinski definition) is 1. The first-order valence-electron chi connectivity index (χ1n) is 6.73. The monoisotopic (exact) mass is 280 g/mol. The molecule has 0 aromatic heterocycles. The number of carboxylic acids is 1. The molecule has 0 heterocycles. The second-order valence-electron chi connectivity index (χ2n) is 3.98. The molecule has 0 bridgehead atoms. The fraction of sp³-hybridized carbons (Fsp3) is 0.438. The van der Waals surface area contributed by atoms with E-state index in [0.717, 1.165) is 17.7 Å². The van der Waals surface area contributed by atoms with Gasteiger partial charge in [0.1, 0.15) is 5.75 Å². The van der Waals surface area contributed by atoms with Crippen molar-refractivity contribution in [3.05, 3.63) is 43.0 Å². The number of aliphatic carboxylic acids is 1. The Balaban J connectivity index is 0.00000172. The molecule has 0 amide bonds. The minimum absolute atomic E-state index is 0.372. The van der Waals surface area contributed by atoms with Gasteiger partial charge in [0.25, 0.3) is 0 Å². The Bertz CT molecular complexity index is 373. The van der Waals surface area contributed by atoms with E-state index in [2.05, 4.69) is 13.2 Å². The summed E-state index contributed by atoms with van der Waals surface area (Å²) in [7, 11) is 0. The summed E-state index contributed by atoms with van der Waals surface area (Å²) < 4.78 is 10.6. The van der Waals surface area contributed by atoms with Crippen molar-refractivity contribution in [3.8, 4) is 5.75 Å². The highest BCUT2D eigenvalue weighted by molar-refractivity contribution is 5.72. The molecule has 0 aliphatic heterocycles. The van der Waals surface area contributed by atoms with Crippen molar-refractivity contribution in [2.75, 3.05) is 13.2 Å². The van der Waals surface area contributed by atoms with E-state index in [1.165, 1.54) is 0 Å². The second kappa shape index (κ2) is 11.1. The number of carboxylic acid groups (broad SMARTS) is 1. The maximum Gasteiger partial charge on any atom is 0.333 e. The molecule has 112 valence electrons. The van der Waals surface area contributed by atoms with E-state index in [4.69, 9.17) is 14.6 Å². The molecule has 0 saturated carbocycles. The van der Waals surface area contributed by atoms with Gasteiger partial charge in [-0.05, 0) is 31.0 Å². The Hall–Kier alpha value is -1.81. The number of benzene rings is 1. The van der Waals surface area contributed by atoms with E-state index in [1.54, 1.807) is 6.92 Å². The Morgan fingerprint density at radius 3 is 2.30 bits per heavy atom. The maximum atomic E-state index is 11.0. The number of hydrogen-bond acceptors (Lipinski definition) is 3. The van der Waals surface area contributed by atoms with E-state index in [-0.39, 0.29) is 0 Å². The normalized spacial score (nSPS) is 11.1. The van der Waals surface area contributed by atoms with Crippen LogP contribution >= 0.6 is 0 Å². The highest BCUT2D eigenvalue weighted by Gasteiger charge is 2.17. The van der Waals surface area contributed by atoms with Crippen LogP contribution in [0.25, 0.3) is 0 Å². The Kier molecular flexibility index (Phi) is 10.1. The van der Waals surface area contributed by atoms with Crippen LogP contribution in [-0.2, 0) is 16.0 Å². The topological polar surface area (TPSA) is 55.8 Å². The van der Waals surface area contributed by atoms with Crippen molar-refractivity contribution in [2.24, 2.45) is 0 Å². The van der Waals surface area contributed by atoms with Crippen molar-refractivity contribution in [1.82, 2.24) is 0 Å². The predicted molar refractivity (Wildman–Crippen MR) is 80.2 cm³/mol. The molecule has 0 fully saturated rings. The van der Waals surface area contributed by atoms with Gasteiger partial charge in [0, 0.05) is 13.0 Å². The highest BCUT2D eigenvalue weighted by Crippen LogP contribution is 2.14. The number of rotatable bonds is 8. The minimum atomic E-state index is -0.928. The Labute approximate surface area is 121 Å². The minimum Gasteiger partial charge on any atom is -0.494 e. The van der Waals surface area contributed by atoms with Crippen molar-refractivity contribution in [2.45, 2.75) is 32.8 Å². The van der Waals surface area contributed by atoms with Crippen LogP contribution in [0.3, 0.4) is 0 Å². The third kappa shape index (κ3) is 6.95. The zero-order valence-corrected chi connectivity index (χ0v) is 12.3. The predicted octanol–water partition coefficient (Wildman–Crippen LogP) is 3.31. The first kappa shape index (κ1) is 18.2. The molecule has 1 atom stereocenters. The molecule has 0 aliphatic rings.